The lowest BCUT2D eigenvalue weighted by atomic mass is 10.0. The molecule has 1 heterocycles. The summed E-state index contributed by atoms with van der Waals surface area (Å²) < 4.78 is 0. The van der Waals surface area contributed by atoms with Crippen LogP contribution >= 0.6 is 0 Å². The normalized spacial score (nSPS) is 15.1. The Labute approximate surface area is 99.9 Å². The monoisotopic (exact) mass is 226 g/mol. The predicted octanol–water partition coefficient (Wildman–Crippen LogP) is 2.46. The van der Waals surface area contributed by atoms with Crippen molar-refractivity contribution in [3.8, 4) is 0 Å². The number of hydrogen-bond donors (Lipinski definition) is 0. The van der Waals surface area contributed by atoms with Crippen LogP contribution in [0.15, 0.2) is 24.3 Å². The quantitative estimate of drug-likeness (QED) is 0.807. The van der Waals surface area contributed by atoms with E-state index in [1.54, 1.807) is 0 Å². The summed E-state index contributed by atoms with van der Waals surface area (Å²) in [6.45, 7) is 1.95. The first-order chi connectivity index (χ1) is 8.25. The zero-order valence-corrected chi connectivity index (χ0v) is 9.81. The van der Waals surface area contributed by atoms with E-state index < -0.39 is 0 Å². The van der Waals surface area contributed by atoms with Gasteiger partial charge in [-0.3, -0.25) is 4.79 Å². The summed E-state index contributed by atoms with van der Waals surface area (Å²) >= 11 is 0. The van der Waals surface area contributed by atoms with Crippen LogP contribution in [-0.4, -0.2) is 16.0 Å². The van der Waals surface area contributed by atoms with Gasteiger partial charge in [0.15, 0.2) is 0 Å². The maximum Gasteiger partial charge on any atom is 0.142 e. The van der Waals surface area contributed by atoms with Crippen LogP contribution in [0.2, 0.25) is 0 Å². The fourth-order valence-corrected chi connectivity index (χ4v) is 2.14. The van der Waals surface area contributed by atoms with Crippen LogP contribution in [0.3, 0.4) is 0 Å². The van der Waals surface area contributed by atoms with Crippen molar-refractivity contribution in [1.82, 2.24) is 10.2 Å². The Morgan fingerprint density at radius 2 is 1.94 bits per heavy atom. The van der Waals surface area contributed by atoms with Gasteiger partial charge in [-0.2, -0.15) is 10.2 Å². The third-order valence-corrected chi connectivity index (χ3v) is 3.32. The molecule has 3 nitrogen and oxygen atoms in total. The summed E-state index contributed by atoms with van der Waals surface area (Å²) in [6.07, 6.45) is 2.53. The number of carbonyl (C=O) groups excluding carboxylic acids is 1. The number of rotatable bonds is 3. The Hall–Kier alpha value is -1.77. The van der Waals surface area contributed by atoms with Gasteiger partial charge in [-0.1, -0.05) is 24.3 Å². The topological polar surface area (TPSA) is 42.9 Å². The van der Waals surface area contributed by atoms with Gasteiger partial charge >= 0.3 is 0 Å². The van der Waals surface area contributed by atoms with Crippen LogP contribution in [0.25, 0.3) is 10.8 Å². The zero-order valence-electron chi connectivity index (χ0n) is 9.81. The van der Waals surface area contributed by atoms with Crippen molar-refractivity contribution in [3.05, 3.63) is 35.7 Å². The fraction of sp³-hybridized carbons (Fsp3) is 0.357. The standard InChI is InChI=1S/C14H14N2O/c1-9-11-4-2-3-5-12(11)13(16-15-9)8-14(17)10-6-7-10/h2-5,10H,6-8H2,1H3. The molecule has 0 N–H and O–H groups in total. The van der Waals surface area contributed by atoms with Crippen LogP contribution in [0.4, 0.5) is 0 Å². The average Bonchev–Trinajstić information content (AvgIpc) is 3.17. The number of benzene rings is 1. The molecule has 1 fully saturated rings. The highest BCUT2D eigenvalue weighted by Crippen LogP contribution is 2.31. The Morgan fingerprint density at radius 3 is 2.65 bits per heavy atom. The molecule has 3 heteroatoms. The zero-order chi connectivity index (χ0) is 11.8. The Balaban J connectivity index is 2.03. The minimum absolute atomic E-state index is 0.289. The molecule has 86 valence electrons. The summed E-state index contributed by atoms with van der Waals surface area (Å²) in [5.41, 5.74) is 1.74. The van der Waals surface area contributed by atoms with E-state index in [0.29, 0.717) is 12.2 Å². The number of nitrogens with zero attached hydrogens (tertiary/aromatic N) is 2. The third-order valence-electron chi connectivity index (χ3n) is 3.32. The number of hydrogen-bond acceptors (Lipinski definition) is 3. The van der Waals surface area contributed by atoms with Crippen molar-refractivity contribution in [3.63, 3.8) is 0 Å². The molecule has 0 bridgehead atoms. The smallest absolute Gasteiger partial charge is 0.142 e. The lowest BCUT2D eigenvalue weighted by molar-refractivity contribution is -0.119. The summed E-state index contributed by atoms with van der Waals surface area (Å²) in [6, 6.07) is 8.02. The van der Waals surface area contributed by atoms with Gasteiger partial charge in [0.1, 0.15) is 5.78 Å². The first-order valence-electron chi connectivity index (χ1n) is 5.99. The number of carbonyl (C=O) groups is 1. The van der Waals surface area contributed by atoms with Crippen LogP contribution in [-0.2, 0) is 11.2 Å². The van der Waals surface area contributed by atoms with Crippen molar-refractivity contribution >= 4 is 16.6 Å². The number of fused-ring (bicyclic) bond motifs is 1. The van der Waals surface area contributed by atoms with Gasteiger partial charge in [0.25, 0.3) is 0 Å². The lowest BCUT2D eigenvalue weighted by Gasteiger charge is -2.05. The first kappa shape index (κ1) is 10.4. The van der Waals surface area contributed by atoms with Crippen molar-refractivity contribution in [2.75, 3.05) is 0 Å². The molecule has 1 aliphatic rings. The molecule has 17 heavy (non-hydrogen) atoms. The first-order valence-corrected chi connectivity index (χ1v) is 5.99. The SMILES string of the molecule is Cc1nnc(CC(=O)C2CC2)c2ccccc12. The largest absolute Gasteiger partial charge is 0.299 e. The molecule has 3 rings (SSSR count). The molecular weight excluding hydrogens is 212 g/mol. The van der Waals surface area contributed by atoms with Gasteiger partial charge in [-0.15, -0.1) is 0 Å². The molecule has 2 aromatic rings. The average molecular weight is 226 g/mol. The number of aromatic nitrogens is 2. The second-order valence-electron chi connectivity index (χ2n) is 4.70. The molecule has 0 aliphatic heterocycles. The van der Waals surface area contributed by atoms with E-state index in [9.17, 15) is 4.79 Å². The number of Topliss-reactive ketones (excluding diaryl/α,β-unsaturated/α-hetero) is 1. The van der Waals surface area contributed by atoms with Gasteiger partial charge < -0.3 is 0 Å². The van der Waals surface area contributed by atoms with Crippen molar-refractivity contribution in [2.45, 2.75) is 26.2 Å². The van der Waals surface area contributed by atoms with Gasteiger partial charge in [0, 0.05) is 16.7 Å². The molecule has 0 spiro atoms. The summed E-state index contributed by atoms with van der Waals surface area (Å²) in [7, 11) is 0. The molecule has 0 amide bonds. The maximum absolute atomic E-state index is 11.8. The molecule has 1 aromatic heterocycles. The minimum atomic E-state index is 0.289. The highest BCUT2D eigenvalue weighted by Gasteiger charge is 2.29. The van der Waals surface area contributed by atoms with E-state index in [1.807, 2.05) is 31.2 Å². The van der Waals surface area contributed by atoms with Gasteiger partial charge in [-0.25, -0.2) is 0 Å². The van der Waals surface area contributed by atoms with Crippen LogP contribution in [0, 0.1) is 12.8 Å². The molecule has 1 aromatic carbocycles. The molecule has 0 radical (unpaired) electrons. The second kappa shape index (κ2) is 3.91. The van der Waals surface area contributed by atoms with Crippen molar-refractivity contribution in [2.24, 2.45) is 5.92 Å². The van der Waals surface area contributed by atoms with Crippen LogP contribution in [0.1, 0.15) is 24.2 Å². The summed E-state index contributed by atoms with van der Waals surface area (Å²) in [5.74, 6) is 0.602. The minimum Gasteiger partial charge on any atom is -0.299 e. The molecule has 1 saturated carbocycles. The van der Waals surface area contributed by atoms with Crippen molar-refractivity contribution in [1.29, 1.82) is 0 Å². The summed E-state index contributed by atoms with van der Waals surface area (Å²) in [5, 5.41) is 10.5. The Morgan fingerprint density at radius 1 is 1.24 bits per heavy atom. The van der Waals surface area contributed by atoms with E-state index in [0.717, 1.165) is 35.0 Å². The summed E-state index contributed by atoms with van der Waals surface area (Å²) in [4.78, 5) is 11.8. The Bertz CT molecular complexity index is 588. The predicted molar refractivity (Wildman–Crippen MR) is 65.7 cm³/mol. The molecule has 0 unspecified atom stereocenters. The lowest BCUT2D eigenvalue weighted by Crippen LogP contribution is -2.08. The van der Waals surface area contributed by atoms with Crippen molar-refractivity contribution < 1.29 is 4.79 Å². The Kier molecular flexibility index (Phi) is 2.39. The fourth-order valence-electron chi connectivity index (χ4n) is 2.14. The van der Waals surface area contributed by atoms with Gasteiger partial charge in [0.2, 0.25) is 0 Å². The molecule has 0 atom stereocenters. The van der Waals surface area contributed by atoms with E-state index in [4.69, 9.17) is 0 Å². The maximum atomic E-state index is 11.8. The number of ketones is 1. The van der Waals surface area contributed by atoms with Crippen LogP contribution < -0.4 is 0 Å². The molecule has 0 saturated heterocycles. The third kappa shape index (κ3) is 1.93. The van der Waals surface area contributed by atoms with E-state index in [2.05, 4.69) is 10.2 Å². The van der Waals surface area contributed by atoms with Gasteiger partial charge in [-0.05, 0) is 19.8 Å². The van der Waals surface area contributed by atoms with Crippen LogP contribution in [0.5, 0.6) is 0 Å². The highest BCUT2D eigenvalue weighted by atomic mass is 16.1. The van der Waals surface area contributed by atoms with Gasteiger partial charge in [0.05, 0.1) is 17.8 Å². The highest BCUT2D eigenvalue weighted by molar-refractivity contribution is 5.92. The molecular formula is C14H14N2O. The van der Waals surface area contributed by atoms with E-state index >= 15 is 0 Å². The number of aryl methyl sites for hydroxylation is 1. The van der Waals surface area contributed by atoms with E-state index in [-0.39, 0.29) is 5.92 Å². The van der Waals surface area contributed by atoms with E-state index in [1.165, 1.54) is 0 Å². The molecule has 1 aliphatic carbocycles. The second-order valence-corrected chi connectivity index (χ2v) is 4.70.